The van der Waals surface area contributed by atoms with Crippen LogP contribution in [-0.2, 0) is 6.54 Å². The third-order valence-electron chi connectivity index (χ3n) is 5.26. The number of rotatable bonds is 8. The fourth-order valence-corrected chi connectivity index (χ4v) is 4.95. The number of halogens is 1. The van der Waals surface area contributed by atoms with E-state index in [1.807, 2.05) is 18.2 Å². The van der Waals surface area contributed by atoms with E-state index in [4.69, 9.17) is 28.6 Å². The lowest BCUT2D eigenvalue weighted by molar-refractivity contribution is 0.177. The number of likely N-dealkylation sites (tertiary alicyclic amines) is 1. The van der Waals surface area contributed by atoms with Crippen LogP contribution in [0, 0.1) is 5.92 Å². The van der Waals surface area contributed by atoms with Crippen LogP contribution in [0.15, 0.2) is 35.7 Å². The molecule has 29 heavy (non-hydrogen) atoms. The van der Waals surface area contributed by atoms with Crippen LogP contribution in [0.4, 0.5) is 5.69 Å². The number of hydrogen-bond donors (Lipinski definition) is 1. The summed E-state index contributed by atoms with van der Waals surface area (Å²) in [6.45, 7) is 7.63. The van der Waals surface area contributed by atoms with Crippen molar-refractivity contribution < 1.29 is 4.74 Å². The van der Waals surface area contributed by atoms with Gasteiger partial charge in [0.25, 0.3) is 0 Å². The first-order valence-electron chi connectivity index (χ1n) is 10.2. The van der Waals surface area contributed by atoms with E-state index in [-0.39, 0.29) is 0 Å². The molecule has 1 fully saturated rings. The van der Waals surface area contributed by atoms with E-state index >= 15 is 0 Å². The molecule has 0 saturated carbocycles. The molecule has 7 heteroatoms. The zero-order valence-corrected chi connectivity index (χ0v) is 19.6. The molecule has 158 valence electrons. The fraction of sp³-hybridized carbons (Fsp3) is 0.500. The molecule has 0 aliphatic carbocycles. The molecule has 1 aromatic carbocycles. The Balaban J connectivity index is 1.63. The Hall–Kier alpha value is -1.34. The minimum atomic E-state index is 0.653. The van der Waals surface area contributed by atoms with Gasteiger partial charge in [-0.2, -0.15) is 0 Å². The number of hydrogen-bond acceptors (Lipinski definition) is 4. The van der Waals surface area contributed by atoms with Crippen LogP contribution in [0.2, 0.25) is 5.02 Å². The van der Waals surface area contributed by atoms with Crippen molar-refractivity contribution in [1.29, 1.82) is 0 Å². The Kier molecular flexibility index (Phi) is 8.60. The van der Waals surface area contributed by atoms with E-state index in [1.165, 1.54) is 30.8 Å². The van der Waals surface area contributed by atoms with Gasteiger partial charge in [0, 0.05) is 23.0 Å². The number of nitrogens with zero attached hydrogens (tertiary/aromatic N) is 2. The molecule has 0 amide bonds. The minimum absolute atomic E-state index is 0.653. The van der Waals surface area contributed by atoms with Crippen LogP contribution < -0.4 is 10.1 Å². The largest absolute Gasteiger partial charge is 0.495 e. The molecule has 2 heterocycles. The number of benzene rings is 1. The molecular weight excluding hydrogens is 422 g/mol. The molecule has 1 aliphatic rings. The van der Waals surface area contributed by atoms with E-state index in [1.54, 1.807) is 18.4 Å². The second-order valence-electron chi connectivity index (χ2n) is 7.68. The minimum Gasteiger partial charge on any atom is -0.495 e. The maximum Gasteiger partial charge on any atom is 0.173 e. The number of thiocarbonyl (C=S) groups is 1. The maximum atomic E-state index is 6.18. The molecule has 1 saturated heterocycles. The molecule has 3 rings (SSSR count). The fourth-order valence-electron chi connectivity index (χ4n) is 3.79. The molecule has 2 aromatic rings. The average Bonchev–Trinajstić information content (AvgIpc) is 3.20. The summed E-state index contributed by atoms with van der Waals surface area (Å²) < 4.78 is 5.45. The highest BCUT2D eigenvalue weighted by Gasteiger charge is 2.18. The van der Waals surface area contributed by atoms with Crippen LogP contribution in [0.1, 0.15) is 31.1 Å². The van der Waals surface area contributed by atoms with Crippen LogP contribution in [0.5, 0.6) is 5.75 Å². The third kappa shape index (κ3) is 6.85. The van der Waals surface area contributed by atoms with Gasteiger partial charge in [0.15, 0.2) is 5.11 Å². The summed E-state index contributed by atoms with van der Waals surface area (Å²) >= 11 is 13.7. The lowest BCUT2D eigenvalue weighted by atomic mass is 10.0. The highest BCUT2D eigenvalue weighted by Crippen LogP contribution is 2.28. The molecule has 1 N–H and O–H groups in total. The van der Waals surface area contributed by atoms with Crippen LogP contribution in [0.25, 0.3) is 0 Å². The monoisotopic (exact) mass is 451 g/mol. The van der Waals surface area contributed by atoms with Gasteiger partial charge >= 0.3 is 0 Å². The Morgan fingerprint density at radius 3 is 3.00 bits per heavy atom. The summed E-state index contributed by atoms with van der Waals surface area (Å²) in [5.41, 5.74) is 0.797. The van der Waals surface area contributed by atoms with Gasteiger partial charge in [-0.05, 0) is 80.1 Å². The van der Waals surface area contributed by atoms with Crippen molar-refractivity contribution in [3.05, 3.63) is 45.6 Å². The SMILES string of the molecule is COc1ccc(Cl)cc1NC(=S)N(CCCN1CCCC(C)C1)Cc1cccs1. The van der Waals surface area contributed by atoms with Crippen molar-refractivity contribution >= 4 is 46.0 Å². The molecule has 1 atom stereocenters. The molecule has 1 aliphatic heterocycles. The highest BCUT2D eigenvalue weighted by molar-refractivity contribution is 7.80. The van der Waals surface area contributed by atoms with Crippen molar-refractivity contribution in [2.24, 2.45) is 5.92 Å². The highest BCUT2D eigenvalue weighted by atomic mass is 35.5. The van der Waals surface area contributed by atoms with Gasteiger partial charge in [-0.25, -0.2) is 0 Å². The van der Waals surface area contributed by atoms with Crippen molar-refractivity contribution in [1.82, 2.24) is 9.80 Å². The smallest absolute Gasteiger partial charge is 0.173 e. The van der Waals surface area contributed by atoms with Gasteiger partial charge in [-0.15, -0.1) is 11.3 Å². The Labute approximate surface area is 188 Å². The maximum absolute atomic E-state index is 6.18. The predicted molar refractivity (Wildman–Crippen MR) is 128 cm³/mol. The number of piperidine rings is 1. The first-order chi connectivity index (χ1) is 14.0. The lowest BCUT2D eigenvalue weighted by Crippen LogP contribution is -2.39. The predicted octanol–water partition coefficient (Wildman–Crippen LogP) is 5.73. The summed E-state index contributed by atoms with van der Waals surface area (Å²) in [6.07, 6.45) is 3.76. The quantitative estimate of drug-likeness (QED) is 0.517. The van der Waals surface area contributed by atoms with Crippen LogP contribution in [0.3, 0.4) is 0 Å². The van der Waals surface area contributed by atoms with Gasteiger partial charge in [0.05, 0.1) is 19.3 Å². The van der Waals surface area contributed by atoms with Gasteiger partial charge < -0.3 is 19.9 Å². The standard InChI is InChI=1S/C22H30ClN3OS2/c1-17-6-3-10-25(15-17)11-5-12-26(16-19-7-4-13-29-19)22(28)24-20-14-18(23)8-9-21(20)27-2/h4,7-9,13-14,17H,3,5-6,10-12,15-16H2,1-2H3,(H,24,28). The molecular formula is C22H30ClN3OS2. The molecule has 1 aromatic heterocycles. The molecule has 4 nitrogen and oxygen atoms in total. The number of thiophene rings is 1. The van der Waals surface area contributed by atoms with Crippen molar-refractivity contribution in [2.45, 2.75) is 32.7 Å². The molecule has 1 unspecified atom stereocenters. The Morgan fingerprint density at radius 1 is 1.41 bits per heavy atom. The Bertz CT molecular complexity index is 784. The summed E-state index contributed by atoms with van der Waals surface area (Å²) in [5, 5.41) is 6.81. The zero-order chi connectivity index (χ0) is 20.6. The van der Waals surface area contributed by atoms with Crippen LogP contribution >= 0.6 is 35.2 Å². The summed E-state index contributed by atoms with van der Waals surface area (Å²) in [5.74, 6) is 1.54. The number of methoxy groups -OCH3 is 1. The second kappa shape index (κ2) is 11.2. The van der Waals surface area contributed by atoms with E-state index in [2.05, 4.69) is 39.6 Å². The van der Waals surface area contributed by atoms with Gasteiger partial charge in [-0.3, -0.25) is 0 Å². The average molecular weight is 452 g/mol. The van der Waals surface area contributed by atoms with Gasteiger partial charge in [-0.1, -0.05) is 24.6 Å². The van der Waals surface area contributed by atoms with Crippen molar-refractivity contribution in [3.8, 4) is 5.75 Å². The van der Waals surface area contributed by atoms with Crippen molar-refractivity contribution in [2.75, 3.05) is 38.6 Å². The van der Waals surface area contributed by atoms with Crippen LogP contribution in [-0.4, -0.2) is 48.2 Å². The Morgan fingerprint density at radius 2 is 2.28 bits per heavy atom. The molecule has 0 radical (unpaired) electrons. The lowest BCUT2D eigenvalue weighted by Gasteiger charge is -2.32. The molecule has 0 spiro atoms. The third-order valence-corrected chi connectivity index (χ3v) is 6.72. The number of nitrogens with one attached hydrogen (secondary N) is 1. The number of anilines is 1. The first kappa shape index (κ1) is 22.3. The normalized spacial score (nSPS) is 17.1. The van der Waals surface area contributed by atoms with E-state index in [0.29, 0.717) is 10.1 Å². The van der Waals surface area contributed by atoms with Crippen molar-refractivity contribution in [3.63, 3.8) is 0 Å². The zero-order valence-electron chi connectivity index (χ0n) is 17.2. The van der Waals surface area contributed by atoms with Gasteiger partial charge in [0.2, 0.25) is 0 Å². The summed E-state index contributed by atoms with van der Waals surface area (Å²) in [4.78, 5) is 6.14. The van der Waals surface area contributed by atoms with E-state index in [0.717, 1.165) is 43.4 Å². The topological polar surface area (TPSA) is 27.7 Å². The van der Waals surface area contributed by atoms with E-state index < -0.39 is 0 Å². The number of ether oxygens (including phenoxy) is 1. The van der Waals surface area contributed by atoms with E-state index in [9.17, 15) is 0 Å². The van der Waals surface area contributed by atoms with Gasteiger partial charge in [0.1, 0.15) is 5.75 Å². The first-order valence-corrected chi connectivity index (χ1v) is 11.9. The summed E-state index contributed by atoms with van der Waals surface area (Å²) in [7, 11) is 1.65. The second-order valence-corrected chi connectivity index (χ2v) is 9.53. The molecule has 0 bridgehead atoms. The summed E-state index contributed by atoms with van der Waals surface area (Å²) in [6, 6.07) is 9.77.